The van der Waals surface area contributed by atoms with E-state index in [1.165, 1.54) is 6.20 Å². The molecule has 27 heavy (non-hydrogen) atoms. The van der Waals surface area contributed by atoms with Crippen molar-refractivity contribution in [1.29, 1.82) is 0 Å². The second-order valence-corrected chi connectivity index (χ2v) is 6.98. The molecule has 6 nitrogen and oxygen atoms in total. The van der Waals surface area contributed by atoms with Gasteiger partial charge in [-0.2, -0.15) is 9.78 Å². The Morgan fingerprint density at radius 1 is 1.22 bits per heavy atom. The first kappa shape index (κ1) is 19.8. The van der Waals surface area contributed by atoms with Crippen molar-refractivity contribution < 1.29 is 9.15 Å². The largest absolute Gasteiger partial charge is 0.464 e. The van der Waals surface area contributed by atoms with Crippen LogP contribution in [0.25, 0.3) is 5.69 Å². The van der Waals surface area contributed by atoms with Crippen LogP contribution in [0.15, 0.2) is 45.7 Å². The van der Waals surface area contributed by atoms with Crippen molar-refractivity contribution in [1.82, 2.24) is 9.78 Å². The molecule has 9 heteroatoms. The molecule has 0 aliphatic rings. The van der Waals surface area contributed by atoms with Crippen molar-refractivity contribution in [2.45, 2.75) is 13.0 Å². The Kier molecular flexibility index (Phi) is 6.11. The number of methoxy groups -OCH3 is 1. The summed E-state index contributed by atoms with van der Waals surface area (Å²) in [7, 11) is 1.61. The average Bonchev–Trinajstić information content (AvgIpc) is 3.07. The van der Waals surface area contributed by atoms with E-state index in [0.29, 0.717) is 23.0 Å². The summed E-state index contributed by atoms with van der Waals surface area (Å²) < 4.78 is 12.1. The zero-order chi connectivity index (χ0) is 19.6. The lowest BCUT2D eigenvalue weighted by Crippen LogP contribution is -2.21. The quantitative estimate of drug-likeness (QED) is 0.605. The molecule has 1 atom stereocenters. The van der Waals surface area contributed by atoms with E-state index in [-0.39, 0.29) is 16.1 Å². The van der Waals surface area contributed by atoms with Crippen molar-refractivity contribution in [2.75, 3.05) is 19.0 Å². The Balaban J connectivity index is 1.90. The molecule has 142 valence electrons. The number of nitrogens with zero attached hydrogens (tertiary/aromatic N) is 2. The second kappa shape index (κ2) is 8.35. The standard InChI is InChI=1S/C18H16Cl3N3O3/c1-10-3-6-16(27-10)15(9-26-2)23-14-5-4-11(7-12(14)19)24-18(25)17(21)13(20)8-22-24/h3-8,15,23H,9H2,1-2H3. The van der Waals surface area contributed by atoms with Gasteiger partial charge in [-0.25, -0.2) is 0 Å². The molecule has 0 amide bonds. The number of aromatic nitrogens is 2. The second-order valence-electron chi connectivity index (χ2n) is 5.79. The van der Waals surface area contributed by atoms with Gasteiger partial charge in [-0.15, -0.1) is 0 Å². The van der Waals surface area contributed by atoms with Crippen LogP contribution < -0.4 is 10.9 Å². The molecule has 0 fully saturated rings. The number of hydrogen-bond acceptors (Lipinski definition) is 5. The van der Waals surface area contributed by atoms with E-state index < -0.39 is 5.56 Å². The average molecular weight is 429 g/mol. The van der Waals surface area contributed by atoms with Crippen molar-refractivity contribution >= 4 is 40.5 Å². The number of benzene rings is 1. The minimum Gasteiger partial charge on any atom is -0.464 e. The molecule has 0 saturated carbocycles. The summed E-state index contributed by atoms with van der Waals surface area (Å²) in [4.78, 5) is 12.2. The highest BCUT2D eigenvalue weighted by molar-refractivity contribution is 6.41. The lowest BCUT2D eigenvalue weighted by molar-refractivity contribution is 0.178. The fourth-order valence-electron chi connectivity index (χ4n) is 2.54. The van der Waals surface area contributed by atoms with E-state index in [2.05, 4.69) is 10.4 Å². The summed E-state index contributed by atoms with van der Waals surface area (Å²) in [5.41, 5.74) is 0.597. The van der Waals surface area contributed by atoms with Gasteiger partial charge in [-0.05, 0) is 37.3 Å². The van der Waals surface area contributed by atoms with Gasteiger partial charge in [0.25, 0.3) is 5.56 Å². The molecule has 2 aromatic heterocycles. The number of rotatable bonds is 6. The minimum absolute atomic E-state index is 0.0958. The monoisotopic (exact) mass is 427 g/mol. The van der Waals surface area contributed by atoms with Crippen LogP contribution in [0.4, 0.5) is 5.69 Å². The topological polar surface area (TPSA) is 69.3 Å². The van der Waals surface area contributed by atoms with E-state index >= 15 is 0 Å². The van der Waals surface area contributed by atoms with Gasteiger partial charge in [-0.1, -0.05) is 34.8 Å². The number of anilines is 1. The highest BCUT2D eigenvalue weighted by Crippen LogP contribution is 2.29. The summed E-state index contributed by atoms with van der Waals surface area (Å²) in [5.74, 6) is 1.54. The molecule has 2 heterocycles. The van der Waals surface area contributed by atoms with Crippen LogP contribution in [-0.4, -0.2) is 23.5 Å². The predicted molar refractivity (Wildman–Crippen MR) is 107 cm³/mol. The third-order valence-electron chi connectivity index (χ3n) is 3.84. The molecule has 1 aromatic carbocycles. The maximum atomic E-state index is 12.2. The molecule has 0 radical (unpaired) electrons. The number of hydrogen-bond donors (Lipinski definition) is 1. The SMILES string of the molecule is COCC(Nc1ccc(-n2ncc(Cl)c(Cl)c2=O)cc1Cl)c1ccc(C)o1. The number of aryl methyl sites for hydroxylation is 1. The van der Waals surface area contributed by atoms with Crippen LogP contribution in [0, 0.1) is 6.92 Å². The van der Waals surface area contributed by atoms with Crippen LogP contribution in [0.1, 0.15) is 17.6 Å². The van der Waals surface area contributed by atoms with Crippen molar-refractivity contribution in [3.63, 3.8) is 0 Å². The number of nitrogens with one attached hydrogen (secondary N) is 1. The van der Waals surface area contributed by atoms with Gasteiger partial charge in [0.1, 0.15) is 22.6 Å². The summed E-state index contributed by atoms with van der Waals surface area (Å²) in [6.07, 6.45) is 1.30. The molecule has 0 aliphatic heterocycles. The van der Waals surface area contributed by atoms with Crippen molar-refractivity contribution in [3.8, 4) is 5.69 Å². The maximum Gasteiger partial charge on any atom is 0.291 e. The number of ether oxygens (including phenoxy) is 1. The number of furan rings is 1. The molecular weight excluding hydrogens is 413 g/mol. The van der Waals surface area contributed by atoms with Gasteiger partial charge in [0.2, 0.25) is 0 Å². The van der Waals surface area contributed by atoms with Gasteiger partial charge >= 0.3 is 0 Å². The van der Waals surface area contributed by atoms with E-state index in [1.54, 1.807) is 25.3 Å². The molecule has 0 saturated heterocycles. The summed E-state index contributed by atoms with van der Waals surface area (Å²) in [5, 5.41) is 7.68. The summed E-state index contributed by atoms with van der Waals surface area (Å²) in [6.45, 7) is 2.26. The van der Waals surface area contributed by atoms with Crippen LogP contribution in [0.2, 0.25) is 15.1 Å². The Morgan fingerprint density at radius 2 is 2.00 bits per heavy atom. The fourth-order valence-corrected chi connectivity index (χ4v) is 3.02. The Hall–Kier alpha value is -1.99. The molecular formula is C18H16Cl3N3O3. The highest BCUT2D eigenvalue weighted by atomic mass is 35.5. The van der Waals surface area contributed by atoms with E-state index in [9.17, 15) is 4.79 Å². The lowest BCUT2D eigenvalue weighted by atomic mass is 10.2. The minimum atomic E-state index is -0.524. The zero-order valence-corrected chi connectivity index (χ0v) is 16.8. The van der Waals surface area contributed by atoms with Gasteiger partial charge < -0.3 is 14.5 Å². The first-order chi connectivity index (χ1) is 12.9. The Morgan fingerprint density at radius 3 is 2.63 bits per heavy atom. The zero-order valence-electron chi connectivity index (χ0n) is 14.5. The van der Waals surface area contributed by atoms with Gasteiger partial charge in [0.15, 0.2) is 0 Å². The lowest BCUT2D eigenvalue weighted by Gasteiger charge is -2.18. The van der Waals surface area contributed by atoms with Crippen molar-refractivity contribution in [2.24, 2.45) is 0 Å². The summed E-state index contributed by atoms with van der Waals surface area (Å²) >= 11 is 18.1. The molecule has 1 unspecified atom stereocenters. The van der Waals surface area contributed by atoms with Crippen molar-refractivity contribution in [3.05, 3.63) is 73.5 Å². The predicted octanol–water partition coefficient (Wildman–Crippen LogP) is 4.89. The molecule has 3 aromatic rings. The Bertz CT molecular complexity index is 1020. The van der Waals surface area contributed by atoms with Crippen LogP contribution >= 0.6 is 34.8 Å². The highest BCUT2D eigenvalue weighted by Gasteiger charge is 2.17. The van der Waals surface area contributed by atoms with Crippen LogP contribution in [-0.2, 0) is 4.74 Å². The van der Waals surface area contributed by atoms with Gasteiger partial charge in [-0.3, -0.25) is 4.79 Å². The van der Waals surface area contributed by atoms with E-state index in [0.717, 1.165) is 16.2 Å². The third kappa shape index (κ3) is 4.30. The smallest absolute Gasteiger partial charge is 0.291 e. The molecule has 1 N–H and O–H groups in total. The number of halogens is 3. The third-order valence-corrected chi connectivity index (χ3v) is 4.90. The molecule has 0 bridgehead atoms. The van der Waals surface area contributed by atoms with Crippen LogP contribution in [0.5, 0.6) is 0 Å². The normalized spacial score (nSPS) is 12.2. The molecule has 3 rings (SSSR count). The summed E-state index contributed by atoms with van der Waals surface area (Å²) in [6, 6.07) is 8.59. The van der Waals surface area contributed by atoms with Gasteiger partial charge in [0, 0.05) is 7.11 Å². The van der Waals surface area contributed by atoms with Crippen LogP contribution in [0.3, 0.4) is 0 Å². The first-order valence-electron chi connectivity index (χ1n) is 7.95. The maximum absolute atomic E-state index is 12.2. The van der Waals surface area contributed by atoms with E-state index in [4.69, 9.17) is 44.0 Å². The Labute approximate surface area is 170 Å². The molecule has 0 aliphatic carbocycles. The first-order valence-corrected chi connectivity index (χ1v) is 9.09. The van der Waals surface area contributed by atoms with Gasteiger partial charge in [0.05, 0.1) is 34.2 Å². The fraction of sp³-hybridized carbons (Fsp3) is 0.222. The van der Waals surface area contributed by atoms with E-state index in [1.807, 2.05) is 19.1 Å². The molecule has 0 spiro atoms.